The molecule has 19 heavy (non-hydrogen) atoms. The van der Waals surface area contributed by atoms with E-state index in [4.69, 9.17) is 0 Å². The van der Waals surface area contributed by atoms with Crippen molar-refractivity contribution in [1.82, 2.24) is 10.2 Å². The summed E-state index contributed by atoms with van der Waals surface area (Å²) in [6.45, 7) is 4.66. The Labute approximate surface area is 125 Å². The molecule has 0 aliphatic carbocycles. The number of halogens is 1. The molecule has 0 saturated carbocycles. The molecule has 2 rings (SSSR count). The molecular formula is C14H21ClN2OS. The molecule has 1 amide bonds. The summed E-state index contributed by atoms with van der Waals surface area (Å²) in [7, 11) is 0. The zero-order valence-electron chi connectivity index (χ0n) is 11.4. The smallest absolute Gasteiger partial charge is 0.254 e. The maximum Gasteiger partial charge on any atom is 0.254 e. The lowest BCUT2D eigenvalue weighted by molar-refractivity contribution is 0.0656. The van der Waals surface area contributed by atoms with Gasteiger partial charge in [-0.05, 0) is 30.9 Å². The van der Waals surface area contributed by atoms with E-state index >= 15 is 0 Å². The molecule has 0 aromatic heterocycles. The Balaban J connectivity index is 0.00000180. The minimum Gasteiger partial charge on any atom is -0.333 e. The second-order valence-corrected chi connectivity index (χ2v) is 5.55. The van der Waals surface area contributed by atoms with Crippen molar-refractivity contribution in [1.29, 1.82) is 0 Å². The first-order chi connectivity index (χ1) is 8.72. The van der Waals surface area contributed by atoms with E-state index in [0.717, 1.165) is 31.0 Å². The van der Waals surface area contributed by atoms with E-state index in [1.807, 2.05) is 17.0 Å². The van der Waals surface area contributed by atoms with E-state index < -0.39 is 0 Å². The second kappa shape index (κ2) is 7.78. The highest BCUT2D eigenvalue weighted by Crippen LogP contribution is 2.14. The van der Waals surface area contributed by atoms with Crippen LogP contribution in [-0.2, 0) is 5.75 Å². The van der Waals surface area contributed by atoms with Crippen LogP contribution in [-0.4, -0.2) is 42.7 Å². The summed E-state index contributed by atoms with van der Waals surface area (Å²) in [5.41, 5.74) is 2.07. The van der Waals surface area contributed by atoms with Crippen molar-refractivity contribution in [2.45, 2.75) is 18.7 Å². The number of nitrogens with one attached hydrogen (secondary N) is 1. The van der Waals surface area contributed by atoms with Gasteiger partial charge in [0.15, 0.2) is 0 Å². The van der Waals surface area contributed by atoms with Gasteiger partial charge in [0.05, 0.1) is 0 Å². The molecule has 1 aliphatic heterocycles. The summed E-state index contributed by atoms with van der Waals surface area (Å²) in [4.78, 5) is 14.3. The van der Waals surface area contributed by atoms with Crippen molar-refractivity contribution in [2.24, 2.45) is 0 Å². The Bertz CT molecular complexity index is 410. The molecule has 1 N–H and O–H groups in total. The van der Waals surface area contributed by atoms with Gasteiger partial charge in [-0.3, -0.25) is 4.79 Å². The lowest BCUT2D eigenvalue weighted by Gasteiger charge is -2.34. The topological polar surface area (TPSA) is 32.3 Å². The molecule has 1 fully saturated rings. The Hall–Kier alpha value is -0.710. The first-order valence-corrected chi connectivity index (χ1v) is 7.71. The fourth-order valence-electron chi connectivity index (χ4n) is 2.22. The second-order valence-electron chi connectivity index (χ2n) is 4.68. The lowest BCUT2D eigenvalue weighted by atomic mass is 10.1. The molecule has 0 spiro atoms. The predicted molar refractivity (Wildman–Crippen MR) is 84.3 cm³/mol. The number of thioether (sulfide) groups is 1. The zero-order chi connectivity index (χ0) is 13.0. The number of carbonyl (C=O) groups is 1. The van der Waals surface area contributed by atoms with Crippen LogP contribution in [0.1, 0.15) is 22.8 Å². The van der Waals surface area contributed by atoms with Crippen LogP contribution in [0.2, 0.25) is 0 Å². The average Bonchev–Trinajstić information content (AvgIpc) is 2.40. The third-order valence-electron chi connectivity index (χ3n) is 3.27. The fourth-order valence-corrected chi connectivity index (χ4v) is 2.74. The summed E-state index contributed by atoms with van der Waals surface area (Å²) in [6.07, 6.45) is 2.08. The van der Waals surface area contributed by atoms with E-state index in [1.54, 1.807) is 11.8 Å². The molecule has 1 aromatic carbocycles. The van der Waals surface area contributed by atoms with Crippen LogP contribution >= 0.6 is 24.2 Å². The minimum atomic E-state index is 0. The Morgan fingerprint density at radius 3 is 2.68 bits per heavy atom. The minimum absolute atomic E-state index is 0. The summed E-state index contributed by atoms with van der Waals surface area (Å²) < 4.78 is 0. The molecule has 0 unspecified atom stereocenters. The molecular weight excluding hydrogens is 280 g/mol. The number of amides is 1. The monoisotopic (exact) mass is 300 g/mol. The van der Waals surface area contributed by atoms with E-state index in [9.17, 15) is 4.79 Å². The number of rotatable bonds is 3. The Morgan fingerprint density at radius 2 is 2.11 bits per heavy atom. The first kappa shape index (κ1) is 16.3. The van der Waals surface area contributed by atoms with Crippen molar-refractivity contribution < 1.29 is 4.79 Å². The number of hydrogen-bond donors (Lipinski definition) is 1. The fraction of sp³-hybridized carbons (Fsp3) is 0.500. The molecule has 106 valence electrons. The van der Waals surface area contributed by atoms with Crippen LogP contribution in [0, 0.1) is 0 Å². The highest BCUT2D eigenvalue weighted by molar-refractivity contribution is 7.97. The highest BCUT2D eigenvalue weighted by atomic mass is 35.5. The van der Waals surface area contributed by atoms with E-state index in [2.05, 4.69) is 30.6 Å². The molecule has 1 aliphatic rings. The number of piperazine rings is 1. The van der Waals surface area contributed by atoms with E-state index in [1.165, 1.54) is 5.56 Å². The average molecular weight is 301 g/mol. The number of nitrogens with zero attached hydrogens (tertiary/aromatic N) is 1. The summed E-state index contributed by atoms with van der Waals surface area (Å²) in [5.74, 6) is 1.15. The number of benzene rings is 1. The van der Waals surface area contributed by atoms with Gasteiger partial charge in [-0.25, -0.2) is 0 Å². The van der Waals surface area contributed by atoms with Crippen molar-refractivity contribution in [3.8, 4) is 0 Å². The molecule has 1 heterocycles. The van der Waals surface area contributed by atoms with Gasteiger partial charge in [-0.1, -0.05) is 12.1 Å². The van der Waals surface area contributed by atoms with E-state index in [0.29, 0.717) is 0 Å². The normalized spacial score (nSPS) is 18.8. The Kier molecular flexibility index (Phi) is 6.69. The van der Waals surface area contributed by atoms with Crippen molar-refractivity contribution >= 4 is 30.1 Å². The van der Waals surface area contributed by atoms with Crippen LogP contribution in [0.3, 0.4) is 0 Å². The first-order valence-electron chi connectivity index (χ1n) is 6.32. The van der Waals surface area contributed by atoms with Gasteiger partial charge in [0, 0.05) is 37.0 Å². The maximum atomic E-state index is 12.4. The standard InChI is InChI=1S/C14H20N2OS.ClH/c1-11-9-15-7-8-16(11)14(17)13-5-3-12(4-6-13)10-18-2;/h3-6,11,15H,7-10H2,1-2H3;1H/t11-;/m0./s1. The van der Waals surface area contributed by atoms with Gasteiger partial charge in [-0.2, -0.15) is 11.8 Å². The van der Waals surface area contributed by atoms with Crippen molar-refractivity contribution in [3.63, 3.8) is 0 Å². The van der Waals surface area contributed by atoms with Crippen molar-refractivity contribution in [2.75, 3.05) is 25.9 Å². The summed E-state index contributed by atoms with van der Waals surface area (Å²) in [5, 5.41) is 3.30. The summed E-state index contributed by atoms with van der Waals surface area (Å²) >= 11 is 1.79. The third-order valence-corrected chi connectivity index (χ3v) is 3.90. The van der Waals surface area contributed by atoms with Crippen LogP contribution in [0.5, 0.6) is 0 Å². The van der Waals surface area contributed by atoms with Gasteiger partial charge in [0.25, 0.3) is 5.91 Å². The number of hydrogen-bond acceptors (Lipinski definition) is 3. The molecule has 3 nitrogen and oxygen atoms in total. The zero-order valence-corrected chi connectivity index (χ0v) is 13.0. The van der Waals surface area contributed by atoms with Gasteiger partial charge in [0.2, 0.25) is 0 Å². The summed E-state index contributed by atoms with van der Waals surface area (Å²) in [6, 6.07) is 8.27. The number of carbonyl (C=O) groups excluding carboxylic acids is 1. The maximum absolute atomic E-state index is 12.4. The molecule has 5 heteroatoms. The molecule has 1 saturated heterocycles. The van der Waals surface area contributed by atoms with Crippen LogP contribution < -0.4 is 5.32 Å². The molecule has 1 atom stereocenters. The van der Waals surface area contributed by atoms with Crippen LogP contribution in [0.4, 0.5) is 0 Å². The predicted octanol–water partition coefficient (Wildman–Crippen LogP) is 2.41. The van der Waals surface area contributed by atoms with Crippen LogP contribution in [0.15, 0.2) is 24.3 Å². The molecule has 0 bridgehead atoms. The molecule has 0 radical (unpaired) electrons. The SMILES string of the molecule is CSCc1ccc(C(=O)N2CCNC[C@@H]2C)cc1.Cl. The highest BCUT2D eigenvalue weighted by Gasteiger charge is 2.23. The van der Waals surface area contributed by atoms with E-state index in [-0.39, 0.29) is 24.4 Å². The van der Waals surface area contributed by atoms with Gasteiger partial charge < -0.3 is 10.2 Å². The molecule has 1 aromatic rings. The van der Waals surface area contributed by atoms with Gasteiger partial charge in [-0.15, -0.1) is 12.4 Å². The van der Waals surface area contributed by atoms with Crippen LogP contribution in [0.25, 0.3) is 0 Å². The van der Waals surface area contributed by atoms with Gasteiger partial charge in [0.1, 0.15) is 0 Å². The van der Waals surface area contributed by atoms with Gasteiger partial charge >= 0.3 is 0 Å². The Morgan fingerprint density at radius 1 is 1.42 bits per heavy atom. The van der Waals surface area contributed by atoms with Crippen molar-refractivity contribution in [3.05, 3.63) is 35.4 Å². The largest absolute Gasteiger partial charge is 0.333 e. The third kappa shape index (κ3) is 4.13. The lowest BCUT2D eigenvalue weighted by Crippen LogP contribution is -2.52. The quantitative estimate of drug-likeness (QED) is 0.930.